The Morgan fingerprint density at radius 2 is 1.40 bits per heavy atom. The molecule has 0 saturated heterocycles. The first kappa shape index (κ1) is 39.0. The van der Waals surface area contributed by atoms with Crippen molar-refractivity contribution in [3.05, 3.63) is 54.6 Å². The number of nitrogens with zero attached hydrogens (tertiary/aromatic N) is 3. The van der Waals surface area contributed by atoms with Crippen molar-refractivity contribution >= 4 is 74.9 Å². The Balaban J connectivity index is 0.00000294. The summed E-state index contributed by atoms with van der Waals surface area (Å²) >= 11 is 0. The summed E-state index contributed by atoms with van der Waals surface area (Å²) in [6.07, 6.45) is 0. The van der Waals surface area contributed by atoms with Crippen molar-refractivity contribution in [2.75, 3.05) is 0 Å². The topological polar surface area (TPSA) is 249 Å². The average Bonchev–Trinajstić information content (AvgIpc) is 2.80. The van der Waals surface area contributed by atoms with Crippen molar-refractivity contribution in [3.8, 4) is 5.75 Å². The van der Waals surface area contributed by atoms with Crippen LogP contribution >= 0.6 is 0 Å². The van der Waals surface area contributed by atoms with Crippen LogP contribution in [-0.2, 0) is 30.4 Å². The van der Waals surface area contributed by atoms with Gasteiger partial charge in [-0.15, -0.1) is 10.2 Å². The van der Waals surface area contributed by atoms with Gasteiger partial charge in [0, 0.05) is 10.8 Å². The van der Waals surface area contributed by atoms with Crippen LogP contribution in [0.1, 0.15) is 6.92 Å². The molecule has 0 saturated carbocycles. The number of hydrogen-bond donors (Lipinski definition) is 2. The van der Waals surface area contributed by atoms with Crippen molar-refractivity contribution in [2.24, 2.45) is 15.2 Å². The maximum atomic E-state index is 13.4. The second-order valence-corrected chi connectivity index (χ2v) is 12.1. The quantitative estimate of drug-likeness (QED) is 0.0646. The van der Waals surface area contributed by atoms with Crippen LogP contribution < -0.4 is 98.9 Å². The zero-order valence-electron chi connectivity index (χ0n) is 22.3. The van der Waals surface area contributed by atoms with Gasteiger partial charge in [0.2, 0.25) is 0 Å². The minimum atomic E-state index is -5.26. The van der Waals surface area contributed by atoms with Gasteiger partial charge in [-0.1, -0.05) is 36.1 Å². The van der Waals surface area contributed by atoms with E-state index in [0.717, 1.165) is 13.0 Å². The van der Waals surface area contributed by atoms with Crippen LogP contribution in [0.4, 0.5) is 17.1 Å². The zero-order chi connectivity index (χ0) is 28.9. The Bertz CT molecular complexity index is 2080. The van der Waals surface area contributed by atoms with E-state index in [9.17, 15) is 49.1 Å². The van der Waals surface area contributed by atoms with E-state index in [0.29, 0.717) is 23.6 Å². The second kappa shape index (κ2) is 14.4. The van der Waals surface area contributed by atoms with E-state index in [1.807, 2.05) is 0 Å². The van der Waals surface area contributed by atoms with E-state index in [-0.39, 0.29) is 94.1 Å². The predicted molar refractivity (Wildman–Crippen MR) is 132 cm³/mol. The average molecular weight is 662 g/mol. The summed E-state index contributed by atoms with van der Waals surface area (Å²) in [6, 6.07) is 10.4. The minimum Gasteiger partial charge on any atom is -0.870 e. The molecule has 0 atom stereocenters. The third-order valence-electron chi connectivity index (χ3n) is 5.30. The summed E-state index contributed by atoms with van der Waals surface area (Å²) in [4.78, 5) is 0.691. The largest absolute Gasteiger partial charge is 1.00 e. The Morgan fingerprint density at radius 3 is 1.95 bits per heavy atom. The van der Waals surface area contributed by atoms with Gasteiger partial charge in [0.1, 0.15) is 25.6 Å². The minimum absolute atomic E-state index is 0. The summed E-state index contributed by atoms with van der Waals surface area (Å²) in [5.74, 6) is -2.22. The number of aliphatic imine (C=N–C) groups is 1. The summed E-state index contributed by atoms with van der Waals surface area (Å²) in [7, 11) is -15.3. The second-order valence-electron chi connectivity index (χ2n) is 7.96. The van der Waals surface area contributed by atoms with E-state index in [1.165, 1.54) is 24.3 Å². The van der Waals surface area contributed by atoms with Crippen molar-refractivity contribution in [1.29, 1.82) is 0 Å². The first-order valence-electron chi connectivity index (χ1n) is 10.4. The summed E-state index contributed by atoms with van der Waals surface area (Å²) in [6.45, 7) is 0.957. The fourth-order valence-electron chi connectivity index (χ4n) is 3.80. The van der Waals surface area contributed by atoms with Crippen molar-refractivity contribution in [3.63, 3.8) is 0 Å². The molecule has 0 spiro atoms. The van der Waals surface area contributed by atoms with E-state index < -0.39 is 84.5 Å². The molecule has 42 heavy (non-hydrogen) atoms. The van der Waals surface area contributed by atoms with Crippen LogP contribution in [0.3, 0.4) is 0 Å². The molecule has 4 aromatic rings. The van der Waals surface area contributed by atoms with Crippen LogP contribution in [0.25, 0.3) is 21.5 Å². The van der Waals surface area contributed by atoms with E-state index in [1.54, 1.807) is 6.07 Å². The molecule has 0 aliphatic heterocycles. The fraction of sp³-hybridized carbons (Fsp3) is 0.0455. The van der Waals surface area contributed by atoms with E-state index >= 15 is 0 Å². The molecule has 0 radical (unpaired) electrons. The maximum Gasteiger partial charge on any atom is 1.00 e. The number of benzene rings is 4. The number of rotatable bonds is 6. The standard InChI is InChI=1S/C22H17N3O11S3.3Na/c1-11(26)23-17-10-14(37(28,29)30)8-13-9-18(38(31,32)33)20(21(27)19(13)17)25-24-16-7-6-12-4-2-3-5-15(12)22(16)39(34,35)36;;;/h2-10,27H,1H3,(H,23,26)(H,28,29,30)(H,31,32,33)(H,34,35,36);;;/q;3*+1/p-3. The van der Waals surface area contributed by atoms with Crippen LogP contribution in [0.15, 0.2) is 84.5 Å². The Morgan fingerprint density at radius 1 is 0.786 bits per heavy atom. The summed E-state index contributed by atoms with van der Waals surface area (Å²) < 4.78 is 103. The molecule has 14 nitrogen and oxygen atoms in total. The van der Waals surface area contributed by atoms with Gasteiger partial charge < -0.3 is 14.8 Å². The van der Waals surface area contributed by atoms with Crippen molar-refractivity contribution < 1.29 is 138 Å². The van der Waals surface area contributed by atoms with Crippen LogP contribution in [-0.4, -0.2) is 44.8 Å². The van der Waals surface area contributed by atoms with Gasteiger partial charge in [-0.2, -0.15) is 16.8 Å². The third-order valence-corrected chi connectivity index (χ3v) is 7.93. The monoisotopic (exact) mass is 661 g/mol. The zero-order valence-corrected chi connectivity index (χ0v) is 30.8. The van der Waals surface area contributed by atoms with Gasteiger partial charge in [-0.25, -0.2) is 8.42 Å². The van der Waals surface area contributed by atoms with Gasteiger partial charge in [-0.05, 0) is 47.9 Å². The molecular formula is C22H14N3Na3O11S3. The summed E-state index contributed by atoms with van der Waals surface area (Å²) in [5.41, 5.74) is -2.17. The van der Waals surface area contributed by atoms with Crippen LogP contribution in [0, 0.1) is 0 Å². The predicted octanol–water partition coefficient (Wildman–Crippen LogP) is -6.70. The van der Waals surface area contributed by atoms with Crippen molar-refractivity contribution in [1.82, 2.24) is 0 Å². The molecule has 0 aliphatic rings. The van der Waals surface area contributed by atoms with Gasteiger partial charge >= 0.3 is 88.7 Å². The number of fused-ring (bicyclic) bond motifs is 2. The fourth-order valence-corrected chi connectivity index (χ4v) is 5.82. The van der Waals surface area contributed by atoms with Crippen LogP contribution in [0.2, 0.25) is 0 Å². The molecular weight excluding hydrogens is 647 g/mol. The molecule has 2 N–H and O–H groups in total. The molecule has 0 fully saturated rings. The first-order chi connectivity index (χ1) is 18.0. The molecule has 0 aliphatic carbocycles. The molecule has 0 heterocycles. The van der Waals surface area contributed by atoms with Gasteiger partial charge in [0.05, 0.1) is 16.3 Å². The third kappa shape index (κ3) is 8.38. The van der Waals surface area contributed by atoms with Crippen LogP contribution in [0.5, 0.6) is 5.75 Å². The molecule has 20 heteroatoms. The number of hydrogen-bond acceptors (Lipinski definition) is 12. The molecule has 0 bridgehead atoms. The first-order valence-corrected chi connectivity index (χ1v) is 14.7. The van der Waals surface area contributed by atoms with Gasteiger partial charge in [0.15, 0.2) is 0 Å². The molecule has 0 unspecified atom stereocenters. The molecule has 0 amide bonds. The number of azo groups is 1. The maximum absolute atomic E-state index is 13.4. The molecule has 0 aromatic heterocycles. The van der Waals surface area contributed by atoms with E-state index in [2.05, 4.69) is 15.2 Å². The smallest absolute Gasteiger partial charge is 0.870 e. The van der Waals surface area contributed by atoms with Gasteiger partial charge in [0.25, 0.3) is 20.2 Å². The molecule has 204 valence electrons. The van der Waals surface area contributed by atoms with E-state index in [4.69, 9.17) is 0 Å². The molecule has 4 aromatic carbocycles. The Kier molecular flexibility index (Phi) is 13.4. The van der Waals surface area contributed by atoms with Gasteiger partial charge in [-0.3, -0.25) is 14.1 Å². The Labute approximate surface area is 306 Å². The summed E-state index contributed by atoms with van der Waals surface area (Å²) in [5, 5.41) is 31.6. The normalized spacial score (nSPS) is 12.5. The van der Waals surface area contributed by atoms with Crippen molar-refractivity contribution in [2.45, 2.75) is 21.6 Å². The Hall–Kier alpha value is -1.000. The molecule has 4 rings (SSSR count). The SMILES string of the molecule is CC([O-])=Nc1cc(S(=O)(=O)[O-])cc2cc(S(=O)(=O)O)c(N=Nc3ccc4ccccc4c3S(=O)(=O)O)c([O-])c12.[Na+].[Na+].[Na+].